The van der Waals surface area contributed by atoms with Gasteiger partial charge in [-0.1, -0.05) is 23.7 Å². The van der Waals surface area contributed by atoms with Crippen molar-refractivity contribution >= 4 is 29.3 Å². The number of aliphatic imine (C=N–C) groups is 1. The van der Waals surface area contributed by atoms with Crippen LogP contribution in [0.15, 0.2) is 47.5 Å². The minimum absolute atomic E-state index is 0.119. The second kappa shape index (κ2) is 12.7. The molecule has 4 rings (SSSR count). The molecule has 0 saturated heterocycles. The van der Waals surface area contributed by atoms with Gasteiger partial charge in [-0.3, -0.25) is 14.4 Å². The molecule has 1 aliphatic heterocycles. The zero-order chi connectivity index (χ0) is 29.7. The number of halogens is 1. The van der Waals surface area contributed by atoms with Crippen molar-refractivity contribution in [3.8, 4) is 11.4 Å². The Kier molecular flexibility index (Phi) is 9.32. The molecule has 2 heterocycles. The predicted octanol–water partition coefficient (Wildman–Crippen LogP) is 5.58. The number of carboxylic acid groups (broad SMARTS) is 1. The fourth-order valence-electron chi connectivity index (χ4n) is 4.86. The number of aryl methyl sites for hydroxylation is 1. The average Bonchev–Trinajstić information content (AvgIpc) is 3.23. The van der Waals surface area contributed by atoms with E-state index in [4.69, 9.17) is 21.3 Å². The number of rotatable bonds is 10. The average molecular weight is 581 g/mol. The Labute approximate surface area is 245 Å². The molecule has 2 amide bonds. The molecule has 1 atom stereocenters. The van der Waals surface area contributed by atoms with E-state index in [1.54, 1.807) is 0 Å². The van der Waals surface area contributed by atoms with Gasteiger partial charge in [0, 0.05) is 34.8 Å². The van der Waals surface area contributed by atoms with Crippen molar-refractivity contribution in [1.29, 1.82) is 0 Å². The first-order valence-electron chi connectivity index (χ1n) is 13.8. The van der Waals surface area contributed by atoms with Gasteiger partial charge in [0.05, 0.1) is 24.4 Å². The molecule has 0 saturated carbocycles. The van der Waals surface area contributed by atoms with E-state index in [0.717, 1.165) is 16.8 Å². The SMILES string of the molecule is CCNC(=O)C[C@@H]1N=C(c2ccc(Cl)cc2)c2cc(OCCCCN(C(=O)O)C(C)(C)C)ccc2-n2c(C)nnc21. The highest BCUT2D eigenvalue weighted by atomic mass is 35.5. The van der Waals surface area contributed by atoms with Crippen molar-refractivity contribution in [2.24, 2.45) is 4.99 Å². The van der Waals surface area contributed by atoms with Crippen molar-refractivity contribution in [2.75, 3.05) is 19.7 Å². The summed E-state index contributed by atoms with van der Waals surface area (Å²) in [4.78, 5) is 30.8. The van der Waals surface area contributed by atoms with E-state index in [2.05, 4.69) is 15.5 Å². The van der Waals surface area contributed by atoms with Crippen molar-refractivity contribution < 1.29 is 19.4 Å². The smallest absolute Gasteiger partial charge is 0.407 e. The topological polar surface area (TPSA) is 122 Å². The van der Waals surface area contributed by atoms with Crippen LogP contribution in [-0.4, -0.2) is 67.7 Å². The number of unbranched alkanes of at least 4 members (excludes halogenated alkanes) is 1. The molecule has 2 N–H and O–H groups in total. The molecule has 0 radical (unpaired) electrons. The van der Waals surface area contributed by atoms with Gasteiger partial charge in [0.2, 0.25) is 5.91 Å². The van der Waals surface area contributed by atoms with Crippen LogP contribution in [0.4, 0.5) is 4.79 Å². The second-order valence-electron chi connectivity index (χ2n) is 10.9. The number of aromatic nitrogens is 3. The van der Waals surface area contributed by atoms with Gasteiger partial charge in [0.1, 0.15) is 17.6 Å². The largest absolute Gasteiger partial charge is 0.494 e. The van der Waals surface area contributed by atoms with E-state index < -0.39 is 17.7 Å². The zero-order valence-corrected chi connectivity index (χ0v) is 24.9. The molecule has 2 aromatic carbocycles. The highest BCUT2D eigenvalue weighted by Gasteiger charge is 2.30. The third-order valence-corrected chi connectivity index (χ3v) is 7.10. The minimum Gasteiger partial charge on any atom is -0.494 e. The van der Waals surface area contributed by atoms with E-state index in [1.165, 1.54) is 4.90 Å². The minimum atomic E-state index is -0.924. The van der Waals surface area contributed by atoms with Crippen molar-refractivity contribution in [2.45, 2.75) is 65.5 Å². The maximum Gasteiger partial charge on any atom is 0.407 e. The lowest BCUT2D eigenvalue weighted by Gasteiger charge is -2.33. The lowest BCUT2D eigenvalue weighted by Crippen LogP contribution is -2.45. The summed E-state index contributed by atoms with van der Waals surface area (Å²) in [6.45, 7) is 10.8. The fraction of sp³-hybridized carbons (Fsp3) is 0.433. The third kappa shape index (κ3) is 7.05. The second-order valence-corrected chi connectivity index (χ2v) is 11.4. The number of carbonyl (C=O) groups is 2. The molecule has 10 nitrogen and oxygen atoms in total. The van der Waals surface area contributed by atoms with Crippen LogP contribution in [0.2, 0.25) is 5.02 Å². The zero-order valence-electron chi connectivity index (χ0n) is 24.1. The van der Waals surface area contributed by atoms with Gasteiger partial charge in [0.25, 0.3) is 0 Å². The molecular weight excluding hydrogens is 544 g/mol. The molecule has 11 heteroatoms. The molecule has 1 aromatic heterocycles. The summed E-state index contributed by atoms with van der Waals surface area (Å²) >= 11 is 6.19. The number of benzene rings is 2. The third-order valence-electron chi connectivity index (χ3n) is 6.85. The van der Waals surface area contributed by atoms with Gasteiger partial charge in [-0.15, -0.1) is 10.2 Å². The van der Waals surface area contributed by atoms with Crippen LogP contribution >= 0.6 is 11.6 Å². The van der Waals surface area contributed by atoms with Gasteiger partial charge in [-0.25, -0.2) is 4.79 Å². The van der Waals surface area contributed by atoms with Gasteiger partial charge in [-0.05, 0) is 77.8 Å². The van der Waals surface area contributed by atoms with Crippen LogP contribution < -0.4 is 10.1 Å². The number of hydrogen-bond acceptors (Lipinski definition) is 6. The van der Waals surface area contributed by atoms with Gasteiger partial charge >= 0.3 is 6.09 Å². The van der Waals surface area contributed by atoms with Gasteiger partial charge < -0.3 is 20.1 Å². The van der Waals surface area contributed by atoms with Crippen LogP contribution in [-0.2, 0) is 4.79 Å². The first kappa shape index (κ1) is 30.0. The molecule has 1 aliphatic rings. The Morgan fingerprint density at radius 2 is 1.85 bits per heavy atom. The Morgan fingerprint density at radius 1 is 1.12 bits per heavy atom. The first-order valence-corrected chi connectivity index (χ1v) is 14.2. The molecule has 218 valence electrons. The van der Waals surface area contributed by atoms with Crippen molar-refractivity contribution in [3.05, 3.63) is 70.3 Å². The first-order chi connectivity index (χ1) is 19.5. The van der Waals surface area contributed by atoms with Crippen molar-refractivity contribution in [1.82, 2.24) is 25.0 Å². The summed E-state index contributed by atoms with van der Waals surface area (Å²) < 4.78 is 8.07. The lowest BCUT2D eigenvalue weighted by atomic mass is 10.00. The summed E-state index contributed by atoms with van der Waals surface area (Å²) in [7, 11) is 0. The van der Waals surface area contributed by atoms with E-state index in [1.807, 2.05) is 81.7 Å². The summed E-state index contributed by atoms with van der Waals surface area (Å²) in [5, 5.41) is 21.7. The van der Waals surface area contributed by atoms with Crippen LogP contribution in [0, 0.1) is 6.92 Å². The molecular formula is C30H37ClN6O4. The van der Waals surface area contributed by atoms with E-state index in [9.17, 15) is 14.7 Å². The number of carbonyl (C=O) groups excluding carboxylic acids is 1. The Hall–Kier alpha value is -3.92. The summed E-state index contributed by atoms with van der Waals surface area (Å²) in [6.07, 6.45) is 0.574. The van der Waals surface area contributed by atoms with E-state index >= 15 is 0 Å². The molecule has 0 bridgehead atoms. The highest BCUT2D eigenvalue weighted by Crippen LogP contribution is 2.34. The monoisotopic (exact) mass is 580 g/mol. The molecule has 0 fully saturated rings. The molecule has 0 spiro atoms. The van der Waals surface area contributed by atoms with Gasteiger partial charge in [0.15, 0.2) is 5.82 Å². The van der Waals surface area contributed by atoms with Crippen LogP contribution in [0.3, 0.4) is 0 Å². The summed E-state index contributed by atoms with van der Waals surface area (Å²) in [5.74, 6) is 1.82. The van der Waals surface area contributed by atoms with Crippen molar-refractivity contribution in [3.63, 3.8) is 0 Å². The lowest BCUT2D eigenvalue weighted by molar-refractivity contribution is -0.121. The summed E-state index contributed by atoms with van der Waals surface area (Å²) in [5.41, 5.74) is 2.74. The fourth-order valence-corrected chi connectivity index (χ4v) is 4.99. The predicted molar refractivity (Wildman–Crippen MR) is 158 cm³/mol. The summed E-state index contributed by atoms with van der Waals surface area (Å²) in [6, 6.07) is 12.7. The number of nitrogens with one attached hydrogen (secondary N) is 1. The number of nitrogens with zero attached hydrogens (tertiary/aromatic N) is 5. The van der Waals surface area contributed by atoms with E-state index in [-0.39, 0.29) is 12.3 Å². The highest BCUT2D eigenvalue weighted by molar-refractivity contribution is 6.30. The van der Waals surface area contributed by atoms with Crippen LogP contribution in [0.5, 0.6) is 5.75 Å². The maximum atomic E-state index is 12.6. The molecule has 0 aliphatic carbocycles. The Bertz CT molecular complexity index is 1430. The number of ether oxygens (including phenoxy) is 1. The Morgan fingerprint density at radius 3 is 2.51 bits per heavy atom. The standard InChI is InChI=1S/C30H37ClN6O4/c1-6-32-26(38)18-24-28-35-34-19(2)37(28)25-14-13-22(41-16-8-7-15-36(29(39)40)30(3,4)5)17-23(25)27(33-24)20-9-11-21(31)12-10-20/h9-14,17,24H,6-8,15-16,18H2,1-5H3,(H,32,38)(H,39,40)/t24-/m0/s1. The number of amides is 2. The maximum absolute atomic E-state index is 12.6. The Balaban J connectivity index is 1.64. The van der Waals surface area contributed by atoms with Crippen LogP contribution in [0.25, 0.3) is 5.69 Å². The molecule has 41 heavy (non-hydrogen) atoms. The van der Waals surface area contributed by atoms with Crippen LogP contribution in [0.1, 0.15) is 75.8 Å². The number of fused-ring (bicyclic) bond motifs is 3. The van der Waals surface area contributed by atoms with E-state index in [0.29, 0.717) is 60.7 Å². The molecule has 0 unspecified atom stereocenters. The normalized spacial score (nSPS) is 14.4. The quantitative estimate of drug-likeness (QED) is 0.302. The van der Waals surface area contributed by atoms with Gasteiger partial charge in [-0.2, -0.15) is 0 Å². The molecule has 3 aromatic rings. The number of hydrogen-bond donors (Lipinski definition) is 2.